The molecule has 0 amide bonds. The molecule has 3 unspecified atom stereocenters. The van der Waals surface area contributed by atoms with Gasteiger partial charge in [-0.1, -0.05) is 30.0 Å². The van der Waals surface area contributed by atoms with E-state index in [1.807, 2.05) is 19.1 Å². The highest BCUT2D eigenvalue weighted by Crippen LogP contribution is 2.47. The van der Waals surface area contributed by atoms with Crippen LogP contribution in [0, 0.1) is 5.92 Å². The first kappa shape index (κ1) is 13.8. The Balaban J connectivity index is 1.94. The zero-order valence-electron chi connectivity index (χ0n) is 11.6. The van der Waals surface area contributed by atoms with Gasteiger partial charge in [0.1, 0.15) is 5.75 Å². The van der Waals surface area contributed by atoms with E-state index in [0.717, 1.165) is 18.8 Å². The number of ether oxygens (including phenoxy) is 2. The van der Waals surface area contributed by atoms with Gasteiger partial charge in [0.25, 0.3) is 0 Å². The predicted octanol–water partition coefficient (Wildman–Crippen LogP) is 2.59. The maximum Gasteiger partial charge on any atom is 0.154 e. The topological polar surface area (TPSA) is 56.8 Å². The molecule has 2 aliphatic heterocycles. The molecular formula is C15H20N2O2S. The Labute approximate surface area is 123 Å². The molecule has 5 heteroatoms. The van der Waals surface area contributed by atoms with E-state index in [0.29, 0.717) is 29.5 Å². The SMILES string of the molecule is CCOc1ccccc1C1SC(N)=NC2COCCC21. The second kappa shape index (κ2) is 6.06. The van der Waals surface area contributed by atoms with Crippen LogP contribution in [0.5, 0.6) is 5.75 Å². The summed E-state index contributed by atoms with van der Waals surface area (Å²) >= 11 is 1.66. The summed E-state index contributed by atoms with van der Waals surface area (Å²) in [5.74, 6) is 1.44. The van der Waals surface area contributed by atoms with E-state index in [1.54, 1.807) is 11.8 Å². The van der Waals surface area contributed by atoms with Crippen LogP contribution in [-0.2, 0) is 4.74 Å². The minimum atomic E-state index is 0.185. The van der Waals surface area contributed by atoms with Gasteiger partial charge in [-0.3, -0.25) is 4.99 Å². The van der Waals surface area contributed by atoms with Crippen molar-refractivity contribution in [1.29, 1.82) is 0 Å². The lowest BCUT2D eigenvalue weighted by atomic mass is 9.87. The normalized spacial score (nSPS) is 29.4. The van der Waals surface area contributed by atoms with Crippen molar-refractivity contribution in [2.24, 2.45) is 16.6 Å². The molecule has 2 heterocycles. The number of fused-ring (bicyclic) bond motifs is 1. The van der Waals surface area contributed by atoms with Crippen LogP contribution in [0.1, 0.15) is 24.2 Å². The number of hydrogen-bond acceptors (Lipinski definition) is 5. The zero-order valence-corrected chi connectivity index (χ0v) is 12.4. The number of aliphatic imine (C=N–C) groups is 1. The van der Waals surface area contributed by atoms with Crippen molar-refractivity contribution in [2.45, 2.75) is 24.6 Å². The monoisotopic (exact) mass is 292 g/mol. The van der Waals surface area contributed by atoms with Crippen molar-refractivity contribution in [1.82, 2.24) is 0 Å². The van der Waals surface area contributed by atoms with Crippen LogP contribution in [0.3, 0.4) is 0 Å². The van der Waals surface area contributed by atoms with E-state index in [-0.39, 0.29) is 6.04 Å². The van der Waals surface area contributed by atoms with Gasteiger partial charge in [0, 0.05) is 23.3 Å². The highest BCUT2D eigenvalue weighted by atomic mass is 32.2. The maximum atomic E-state index is 6.01. The van der Waals surface area contributed by atoms with E-state index in [9.17, 15) is 0 Å². The van der Waals surface area contributed by atoms with Crippen molar-refractivity contribution in [3.05, 3.63) is 29.8 Å². The molecule has 1 aromatic rings. The smallest absolute Gasteiger partial charge is 0.154 e. The first-order valence-electron chi connectivity index (χ1n) is 7.09. The third-order valence-corrected chi connectivity index (χ3v) is 5.04. The van der Waals surface area contributed by atoms with Crippen LogP contribution < -0.4 is 10.5 Å². The Bertz CT molecular complexity index is 506. The van der Waals surface area contributed by atoms with E-state index in [4.69, 9.17) is 15.2 Å². The highest BCUT2D eigenvalue weighted by Gasteiger charge is 2.38. The van der Waals surface area contributed by atoms with Gasteiger partial charge in [0.2, 0.25) is 0 Å². The molecule has 0 aliphatic carbocycles. The molecule has 1 aromatic carbocycles. The molecule has 0 spiro atoms. The summed E-state index contributed by atoms with van der Waals surface area (Å²) < 4.78 is 11.3. The van der Waals surface area contributed by atoms with Crippen molar-refractivity contribution in [3.8, 4) is 5.75 Å². The third kappa shape index (κ3) is 2.65. The van der Waals surface area contributed by atoms with Gasteiger partial charge >= 0.3 is 0 Å². The molecule has 108 valence electrons. The summed E-state index contributed by atoms with van der Waals surface area (Å²) in [5.41, 5.74) is 7.24. The van der Waals surface area contributed by atoms with E-state index >= 15 is 0 Å². The van der Waals surface area contributed by atoms with Crippen molar-refractivity contribution >= 4 is 16.9 Å². The largest absolute Gasteiger partial charge is 0.494 e. The number of rotatable bonds is 3. The van der Waals surface area contributed by atoms with Crippen LogP contribution in [0.25, 0.3) is 0 Å². The second-order valence-corrected chi connectivity index (χ2v) is 6.23. The molecule has 4 nitrogen and oxygen atoms in total. The van der Waals surface area contributed by atoms with Crippen molar-refractivity contribution < 1.29 is 9.47 Å². The van der Waals surface area contributed by atoms with E-state index in [1.165, 1.54) is 5.56 Å². The molecule has 2 aliphatic rings. The minimum absolute atomic E-state index is 0.185. The van der Waals surface area contributed by atoms with Gasteiger partial charge in [-0.2, -0.15) is 0 Å². The average molecular weight is 292 g/mol. The van der Waals surface area contributed by atoms with Gasteiger partial charge in [-0.25, -0.2) is 0 Å². The Morgan fingerprint density at radius 2 is 2.30 bits per heavy atom. The van der Waals surface area contributed by atoms with Crippen LogP contribution in [0.4, 0.5) is 0 Å². The number of thioether (sulfide) groups is 1. The molecule has 1 fully saturated rings. The molecule has 20 heavy (non-hydrogen) atoms. The minimum Gasteiger partial charge on any atom is -0.494 e. The molecule has 0 bridgehead atoms. The van der Waals surface area contributed by atoms with E-state index < -0.39 is 0 Å². The fourth-order valence-corrected chi connectivity index (χ4v) is 4.20. The number of nitrogens with zero attached hydrogens (tertiary/aromatic N) is 1. The number of benzene rings is 1. The van der Waals surface area contributed by atoms with Crippen LogP contribution in [-0.4, -0.2) is 31.0 Å². The Morgan fingerprint density at radius 1 is 1.45 bits per heavy atom. The number of amidine groups is 1. The van der Waals surface area contributed by atoms with Crippen molar-refractivity contribution in [2.75, 3.05) is 19.8 Å². The molecule has 1 saturated heterocycles. The fraction of sp³-hybridized carbons (Fsp3) is 0.533. The lowest BCUT2D eigenvalue weighted by Gasteiger charge is -2.38. The highest BCUT2D eigenvalue weighted by molar-refractivity contribution is 8.14. The standard InChI is InChI=1S/C15H20N2O2S/c1-2-19-13-6-4-3-5-11(13)14-10-7-8-18-9-12(10)17-15(16)20-14/h3-6,10,12,14H,2,7-9H2,1H3,(H2,16,17). The molecule has 2 N–H and O–H groups in total. The summed E-state index contributed by atoms with van der Waals surface area (Å²) in [6.45, 7) is 4.18. The van der Waals surface area contributed by atoms with Gasteiger partial charge < -0.3 is 15.2 Å². The lowest BCUT2D eigenvalue weighted by molar-refractivity contribution is 0.0483. The number of para-hydroxylation sites is 1. The zero-order chi connectivity index (χ0) is 13.9. The predicted molar refractivity (Wildman–Crippen MR) is 82.3 cm³/mol. The third-order valence-electron chi connectivity index (χ3n) is 3.83. The fourth-order valence-electron chi connectivity index (χ4n) is 2.93. The molecule has 0 radical (unpaired) electrons. The molecular weight excluding hydrogens is 272 g/mol. The molecule has 0 aromatic heterocycles. The second-order valence-electron chi connectivity index (χ2n) is 5.07. The first-order chi connectivity index (χ1) is 9.79. The Kier molecular flexibility index (Phi) is 4.17. The number of hydrogen-bond donors (Lipinski definition) is 1. The summed E-state index contributed by atoms with van der Waals surface area (Å²) in [6.07, 6.45) is 1.03. The quantitative estimate of drug-likeness (QED) is 0.930. The van der Waals surface area contributed by atoms with Gasteiger partial charge in [-0.05, 0) is 19.4 Å². The van der Waals surface area contributed by atoms with E-state index in [2.05, 4.69) is 17.1 Å². The lowest BCUT2D eigenvalue weighted by Crippen LogP contribution is -2.39. The van der Waals surface area contributed by atoms with Gasteiger partial charge in [0.05, 0.1) is 19.3 Å². The van der Waals surface area contributed by atoms with Gasteiger partial charge in [-0.15, -0.1) is 0 Å². The van der Waals surface area contributed by atoms with Crippen LogP contribution in [0.2, 0.25) is 0 Å². The Hall–Kier alpha value is -1.20. The average Bonchev–Trinajstić information content (AvgIpc) is 2.47. The first-order valence-corrected chi connectivity index (χ1v) is 7.97. The summed E-state index contributed by atoms with van der Waals surface area (Å²) in [5, 5.41) is 0.970. The van der Waals surface area contributed by atoms with Crippen molar-refractivity contribution in [3.63, 3.8) is 0 Å². The maximum absolute atomic E-state index is 6.01. The molecule has 3 rings (SSSR count). The van der Waals surface area contributed by atoms with Crippen LogP contribution >= 0.6 is 11.8 Å². The summed E-state index contributed by atoms with van der Waals surface area (Å²) in [7, 11) is 0. The number of nitrogens with two attached hydrogens (primary N) is 1. The molecule has 3 atom stereocenters. The molecule has 0 saturated carbocycles. The summed E-state index contributed by atoms with van der Waals surface area (Å²) in [6, 6.07) is 8.45. The van der Waals surface area contributed by atoms with Crippen LogP contribution in [0.15, 0.2) is 29.3 Å². The summed E-state index contributed by atoms with van der Waals surface area (Å²) in [4.78, 5) is 4.55. The Morgan fingerprint density at radius 3 is 3.15 bits per heavy atom. The van der Waals surface area contributed by atoms with Gasteiger partial charge in [0.15, 0.2) is 5.17 Å².